The highest BCUT2D eigenvalue weighted by atomic mass is 35.6. The van der Waals surface area contributed by atoms with E-state index in [1.165, 1.54) is 0 Å². The van der Waals surface area contributed by atoms with Gasteiger partial charge in [-0.05, 0) is 12.8 Å². The number of cyclic esters (lactones) is 1. The molecule has 2 fully saturated rings. The molecular formula is C7H8Cl3NO2. The maximum Gasteiger partial charge on any atom is 0.325 e. The first-order valence-electron chi connectivity index (χ1n) is 4.03. The SMILES string of the molecule is O=C1O[C@@H](C(Cl)(Cl)Cl)N2CCC[C@@H]12. The van der Waals surface area contributed by atoms with Crippen molar-refractivity contribution in [3.8, 4) is 0 Å². The Morgan fingerprint density at radius 2 is 2.15 bits per heavy atom. The predicted molar refractivity (Wildman–Crippen MR) is 49.9 cm³/mol. The summed E-state index contributed by atoms with van der Waals surface area (Å²) < 4.78 is 3.44. The molecule has 2 rings (SSSR count). The maximum absolute atomic E-state index is 11.3. The molecule has 6 heteroatoms. The first-order chi connectivity index (χ1) is 6.00. The minimum absolute atomic E-state index is 0.194. The van der Waals surface area contributed by atoms with Gasteiger partial charge >= 0.3 is 5.97 Å². The first-order valence-corrected chi connectivity index (χ1v) is 5.16. The van der Waals surface area contributed by atoms with Crippen LogP contribution in [0.25, 0.3) is 0 Å². The van der Waals surface area contributed by atoms with Gasteiger partial charge in [-0.3, -0.25) is 9.69 Å². The van der Waals surface area contributed by atoms with Gasteiger partial charge in [-0.15, -0.1) is 0 Å². The monoisotopic (exact) mass is 243 g/mol. The molecule has 13 heavy (non-hydrogen) atoms. The number of rotatable bonds is 0. The van der Waals surface area contributed by atoms with Crippen molar-refractivity contribution in [2.24, 2.45) is 0 Å². The van der Waals surface area contributed by atoms with E-state index in [4.69, 9.17) is 39.5 Å². The van der Waals surface area contributed by atoms with Crippen molar-refractivity contribution in [2.75, 3.05) is 6.54 Å². The molecule has 0 aliphatic carbocycles. The van der Waals surface area contributed by atoms with Gasteiger partial charge in [-0.1, -0.05) is 34.8 Å². The van der Waals surface area contributed by atoms with Crippen LogP contribution >= 0.6 is 34.8 Å². The van der Waals surface area contributed by atoms with E-state index in [1.54, 1.807) is 0 Å². The minimum Gasteiger partial charge on any atom is -0.440 e. The molecular weight excluding hydrogens is 236 g/mol. The molecule has 0 aromatic heterocycles. The minimum atomic E-state index is -1.55. The lowest BCUT2D eigenvalue weighted by Gasteiger charge is -2.25. The predicted octanol–water partition coefficient (Wildman–Crippen LogP) is 1.70. The Hall–Kier alpha value is 0.300. The molecule has 0 aromatic rings. The molecule has 0 saturated carbocycles. The second kappa shape index (κ2) is 3.16. The molecule has 0 amide bonds. The number of carbonyl (C=O) groups is 1. The third-order valence-corrected chi connectivity index (χ3v) is 2.94. The smallest absolute Gasteiger partial charge is 0.325 e. The zero-order valence-electron chi connectivity index (χ0n) is 6.67. The lowest BCUT2D eigenvalue weighted by Crippen LogP contribution is -2.41. The third kappa shape index (κ3) is 1.63. The molecule has 0 unspecified atom stereocenters. The highest BCUT2D eigenvalue weighted by Gasteiger charge is 2.52. The number of fused-ring (bicyclic) bond motifs is 1. The van der Waals surface area contributed by atoms with Gasteiger partial charge in [0.15, 0.2) is 0 Å². The van der Waals surface area contributed by atoms with E-state index in [9.17, 15) is 4.79 Å². The van der Waals surface area contributed by atoms with Gasteiger partial charge in [0, 0.05) is 6.54 Å². The Balaban J connectivity index is 2.20. The van der Waals surface area contributed by atoms with Crippen LogP contribution in [0.15, 0.2) is 0 Å². The van der Waals surface area contributed by atoms with E-state index in [1.807, 2.05) is 4.90 Å². The standard InChI is InChI=1S/C7H8Cl3NO2/c8-7(9,10)6-11-3-1-2-4(11)5(12)13-6/h4,6H,1-3H2/t4-,6-/m0/s1. The summed E-state index contributed by atoms with van der Waals surface area (Å²) in [5, 5.41) is 0. The summed E-state index contributed by atoms with van der Waals surface area (Å²) in [6.07, 6.45) is 1.05. The van der Waals surface area contributed by atoms with Crippen LogP contribution in [0.4, 0.5) is 0 Å². The van der Waals surface area contributed by atoms with Crippen LogP contribution in [0.1, 0.15) is 12.8 Å². The van der Waals surface area contributed by atoms with E-state index >= 15 is 0 Å². The summed E-state index contributed by atoms with van der Waals surface area (Å²) in [4.78, 5) is 13.1. The lowest BCUT2D eigenvalue weighted by atomic mass is 10.2. The van der Waals surface area contributed by atoms with Crippen LogP contribution in [0.2, 0.25) is 0 Å². The molecule has 2 aliphatic heterocycles. The highest BCUT2D eigenvalue weighted by molar-refractivity contribution is 6.68. The van der Waals surface area contributed by atoms with Crippen molar-refractivity contribution in [1.29, 1.82) is 0 Å². The largest absolute Gasteiger partial charge is 0.440 e. The Morgan fingerprint density at radius 3 is 2.77 bits per heavy atom. The number of halogens is 3. The fraction of sp³-hybridized carbons (Fsp3) is 0.857. The van der Waals surface area contributed by atoms with Crippen LogP contribution in [0, 0.1) is 0 Å². The Labute approximate surface area is 90.9 Å². The molecule has 0 bridgehead atoms. The lowest BCUT2D eigenvalue weighted by molar-refractivity contribution is -0.142. The molecule has 0 spiro atoms. The summed E-state index contributed by atoms with van der Waals surface area (Å²) in [7, 11) is 0. The number of hydrogen-bond acceptors (Lipinski definition) is 3. The first kappa shape index (κ1) is 9.84. The normalized spacial score (nSPS) is 34.8. The summed E-state index contributed by atoms with van der Waals surface area (Å²) in [5.41, 5.74) is 0. The molecule has 2 atom stereocenters. The van der Waals surface area contributed by atoms with Crippen molar-refractivity contribution < 1.29 is 9.53 Å². The number of carbonyl (C=O) groups excluding carboxylic acids is 1. The number of alkyl halides is 3. The Morgan fingerprint density at radius 1 is 1.46 bits per heavy atom. The zero-order valence-corrected chi connectivity index (χ0v) is 8.94. The van der Waals surface area contributed by atoms with Crippen LogP contribution in [0.5, 0.6) is 0 Å². The van der Waals surface area contributed by atoms with Gasteiger partial charge in [0.1, 0.15) is 6.04 Å². The van der Waals surface area contributed by atoms with E-state index in [2.05, 4.69) is 0 Å². The maximum atomic E-state index is 11.3. The van der Waals surface area contributed by atoms with Crippen molar-refractivity contribution in [2.45, 2.75) is 28.9 Å². The van der Waals surface area contributed by atoms with Crippen LogP contribution in [-0.2, 0) is 9.53 Å². The van der Waals surface area contributed by atoms with E-state index in [-0.39, 0.29) is 12.0 Å². The Bertz CT molecular complexity index is 240. The van der Waals surface area contributed by atoms with Crippen LogP contribution in [0.3, 0.4) is 0 Å². The van der Waals surface area contributed by atoms with Crippen molar-refractivity contribution in [3.63, 3.8) is 0 Å². The average molecular weight is 245 g/mol. The average Bonchev–Trinajstić information content (AvgIpc) is 2.51. The second-order valence-electron chi connectivity index (χ2n) is 3.23. The summed E-state index contributed by atoms with van der Waals surface area (Å²) in [6.45, 7) is 0.759. The molecule has 2 saturated heterocycles. The van der Waals surface area contributed by atoms with Gasteiger partial charge in [-0.25, -0.2) is 0 Å². The molecule has 0 radical (unpaired) electrons. The van der Waals surface area contributed by atoms with Gasteiger partial charge in [-0.2, -0.15) is 0 Å². The van der Waals surface area contributed by atoms with Crippen LogP contribution in [-0.4, -0.2) is 33.5 Å². The fourth-order valence-electron chi connectivity index (χ4n) is 1.83. The van der Waals surface area contributed by atoms with Gasteiger partial charge in [0.2, 0.25) is 10.0 Å². The van der Waals surface area contributed by atoms with E-state index in [0.717, 1.165) is 19.4 Å². The van der Waals surface area contributed by atoms with Gasteiger partial charge in [0.05, 0.1) is 0 Å². The van der Waals surface area contributed by atoms with E-state index < -0.39 is 10.0 Å². The molecule has 2 heterocycles. The van der Waals surface area contributed by atoms with Crippen molar-refractivity contribution >= 4 is 40.8 Å². The third-order valence-electron chi connectivity index (χ3n) is 2.38. The van der Waals surface area contributed by atoms with Crippen LogP contribution < -0.4 is 0 Å². The molecule has 2 aliphatic rings. The topological polar surface area (TPSA) is 29.5 Å². The number of esters is 1. The summed E-state index contributed by atoms with van der Waals surface area (Å²) >= 11 is 17.0. The molecule has 0 N–H and O–H groups in total. The fourth-order valence-corrected chi connectivity index (χ4v) is 2.34. The molecule has 74 valence electrons. The zero-order chi connectivity index (χ0) is 9.64. The second-order valence-corrected chi connectivity index (χ2v) is 5.60. The number of ether oxygens (including phenoxy) is 1. The highest BCUT2D eigenvalue weighted by Crippen LogP contribution is 2.41. The van der Waals surface area contributed by atoms with Gasteiger partial charge in [0.25, 0.3) is 0 Å². The number of hydrogen-bond donors (Lipinski definition) is 0. The molecule has 3 nitrogen and oxygen atoms in total. The quantitative estimate of drug-likeness (QED) is 0.480. The number of nitrogens with zero attached hydrogens (tertiary/aromatic N) is 1. The van der Waals surface area contributed by atoms with Crippen molar-refractivity contribution in [1.82, 2.24) is 4.90 Å². The Kier molecular flexibility index (Phi) is 2.39. The van der Waals surface area contributed by atoms with Crippen molar-refractivity contribution in [3.05, 3.63) is 0 Å². The summed E-state index contributed by atoms with van der Waals surface area (Å²) in [5.74, 6) is -0.270. The molecule has 0 aromatic carbocycles. The van der Waals surface area contributed by atoms with E-state index in [0.29, 0.717) is 0 Å². The summed E-state index contributed by atoms with van der Waals surface area (Å²) in [6, 6.07) is -0.194. The van der Waals surface area contributed by atoms with Gasteiger partial charge < -0.3 is 4.74 Å².